The number of hydrogen-bond acceptors (Lipinski definition) is 4. The van der Waals surface area contributed by atoms with Crippen molar-refractivity contribution in [3.05, 3.63) is 65.6 Å². The monoisotopic (exact) mass is 309 g/mol. The molecule has 0 spiro atoms. The Balaban J connectivity index is 1.46. The first-order valence-corrected chi connectivity index (χ1v) is 8.06. The summed E-state index contributed by atoms with van der Waals surface area (Å²) in [6.07, 6.45) is 5.59. The number of piperazine rings is 1. The quantitative estimate of drug-likeness (QED) is 0.793. The van der Waals surface area contributed by atoms with Crippen molar-refractivity contribution < 1.29 is 4.42 Å². The minimum Gasteiger partial charge on any atom is -0.465 e. The fraction of sp³-hybridized carbons (Fsp3) is 0.316. The van der Waals surface area contributed by atoms with E-state index >= 15 is 0 Å². The van der Waals surface area contributed by atoms with Crippen LogP contribution in [-0.2, 0) is 6.54 Å². The van der Waals surface area contributed by atoms with Crippen LogP contribution in [-0.4, -0.2) is 42.3 Å². The Morgan fingerprint density at radius 2 is 1.87 bits per heavy atom. The van der Waals surface area contributed by atoms with Gasteiger partial charge in [0.25, 0.3) is 0 Å². The second-order valence-electron chi connectivity index (χ2n) is 5.86. The minimum absolute atomic E-state index is 0.863. The van der Waals surface area contributed by atoms with E-state index in [1.54, 1.807) is 6.26 Å². The first kappa shape index (κ1) is 15.6. The Morgan fingerprint density at radius 1 is 1.09 bits per heavy atom. The molecule has 4 heteroatoms. The highest BCUT2D eigenvalue weighted by Gasteiger charge is 2.15. The molecule has 1 fully saturated rings. The SMILES string of the molecule is CC(/C=N/N1CCN(Cc2ccccc2)CC1)=C\c1ccco1. The van der Waals surface area contributed by atoms with Crippen LogP contribution in [0.3, 0.4) is 0 Å². The first-order chi connectivity index (χ1) is 11.3. The maximum absolute atomic E-state index is 5.31. The zero-order valence-corrected chi connectivity index (χ0v) is 13.6. The largest absolute Gasteiger partial charge is 0.465 e. The molecule has 0 N–H and O–H groups in total. The van der Waals surface area contributed by atoms with Crippen LogP contribution in [0.25, 0.3) is 6.08 Å². The van der Waals surface area contributed by atoms with Gasteiger partial charge in [-0.1, -0.05) is 30.3 Å². The van der Waals surface area contributed by atoms with E-state index in [2.05, 4.69) is 45.3 Å². The number of allylic oxidation sites excluding steroid dienone is 1. The van der Waals surface area contributed by atoms with Crippen molar-refractivity contribution in [2.45, 2.75) is 13.5 Å². The van der Waals surface area contributed by atoms with Crippen LogP contribution in [0.5, 0.6) is 0 Å². The summed E-state index contributed by atoms with van der Waals surface area (Å²) in [5.74, 6) is 0.863. The van der Waals surface area contributed by atoms with Crippen molar-refractivity contribution in [2.75, 3.05) is 26.2 Å². The molecule has 0 radical (unpaired) electrons. The minimum atomic E-state index is 0.863. The predicted octanol–water partition coefficient (Wildman–Crippen LogP) is 3.49. The van der Waals surface area contributed by atoms with Gasteiger partial charge in [-0.3, -0.25) is 9.91 Å². The molecule has 1 aliphatic rings. The second kappa shape index (κ2) is 7.79. The van der Waals surface area contributed by atoms with Crippen LogP contribution in [0, 0.1) is 0 Å². The third-order valence-electron chi connectivity index (χ3n) is 3.94. The number of furan rings is 1. The average Bonchev–Trinajstić information content (AvgIpc) is 3.08. The van der Waals surface area contributed by atoms with Crippen LogP contribution in [0.2, 0.25) is 0 Å². The molecule has 0 unspecified atom stereocenters. The van der Waals surface area contributed by atoms with Crippen LogP contribution in [0.1, 0.15) is 18.2 Å². The van der Waals surface area contributed by atoms with Crippen molar-refractivity contribution in [1.82, 2.24) is 9.91 Å². The van der Waals surface area contributed by atoms with E-state index in [1.807, 2.05) is 31.3 Å². The van der Waals surface area contributed by atoms with Crippen molar-refractivity contribution in [1.29, 1.82) is 0 Å². The highest BCUT2D eigenvalue weighted by molar-refractivity contribution is 5.83. The zero-order valence-electron chi connectivity index (χ0n) is 13.6. The van der Waals surface area contributed by atoms with Crippen molar-refractivity contribution in [2.24, 2.45) is 5.10 Å². The molecule has 3 rings (SSSR count). The highest BCUT2D eigenvalue weighted by atomic mass is 16.3. The molecule has 120 valence electrons. The molecule has 1 saturated heterocycles. The average molecular weight is 309 g/mol. The molecule has 0 bridgehead atoms. The van der Waals surface area contributed by atoms with Gasteiger partial charge in [0.1, 0.15) is 5.76 Å². The zero-order chi connectivity index (χ0) is 15.9. The van der Waals surface area contributed by atoms with Crippen LogP contribution >= 0.6 is 0 Å². The number of nitrogens with zero attached hydrogens (tertiary/aromatic N) is 3. The standard InChI is InChI=1S/C19H23N3O/c1-17(14-19-8-5-13-23-19)15-20-22-11-9-21(10-12-22)16-18-6-3-2-4-7-18/h2-8,13-15H,9-12,16H2,1H3/b17-14+,20-15+. The lowest BCUT2D eigenvalue weighted by Gasteiger charge is -2.33. The molecule has 1 aliphatic heterocycles. The molecule has 2 heterocycles. The van der Waals surface area contributed by atoms with Crippen LogP contribution in [0.4, 0.5) is 0 Å². The Labute approximate surface area is 137 Å². The van der Waals surface area contributed by atoms with Gasteiger partial charge in [-0.05, 0) is 36.3 Å². The fourth-order valence-electron chi connectivity index (χ4n) is 2.66. The van der Waals surface area contributed by atoms with E-state index in [0.29, 0.717) is 0 Å². The first-order valence-electron chi connectivity index (χ1n) is 8.06. The summed E-state index contributed by atoms with van der Waals surface area (Å²) >= 11 is 0. The Kier molecular flexibility index (Phi) is 5.27. The lowest BCUT2D eigenvalue weighted by molar-refractivity contribution is 0.131. The lowest BCUT2D eigenvalue weighted by Crippen LogP contribution is -2.43. The van der Waals surface area contributed by atoms with Crippen LogP contribution < -0.4 is 0 Å². The van der Waals surface area contributed by atoms with Gasteiger partial charge in [0.05, 0.1) is 12.5 Å². The smallest absolute Gasteiger partial charge is 0.126 e. The molecular weight excluding hydrogens is 286 g/mol. The molecule has 23 heavy (non-hydrogen) atoms. The van der Waals surface area contributed by atoms with E-state index in [-0.39, 0.29) is 0 Å². The summed E-state index contributed by atoms with van der Waals surface area (Å²) in [5, 5.41) is 6.72. The van der Waals surface area contributed by atoms with Gasteiger partial charge in [-0.25, -0.2) is 0 Å². The molecular formula is C19H23N3O. The molecule has 0 aliphatic carbocycles. The summed E-state index contributed by atoms with van der Waals surface area (Å²) in [6, 6.07) is 14.5. The number of rotatable bonds is 5. The maximum Gasteiger partial charge on any atom is 0.126 e. The van der Waals surface area contributed by atoms with Gasteiger partial charge in [0.15, 0.2) is 0 Å². The normalized spacial score (nSPS) is 17.1. The molecule has 2 aromatic rings. The summed E-state index contributed by atoms with van der Waals surface area (Å²) in [6.45, 7) is 7.10. The Hall–Kier alpha value is -2.33. The van der Waals surface area contributed by atoms with Crippen molar-refractivity contribution >= 4 is 12.3 Å². The summed E-state index contributed by atoms with van der Waals surface area (Å²) in [4.78, 5) is 2.48. The van der Waals surface area contributed by atoms with E-state index in [0.717, 1.165) is 44.1 Å². The van der Waals surface area contributed by atoms with E-state index in [9.17, 15) is 0 Å². The summed E-state index contributed by atoms with van der Waals surface area (Å²) in [5.41, 5.74) is 2.47. The molecule has 0 amide bonds. The van der Waals surface area contributed by atoms with Gasteiger partial charge in [-0.15, -0.1) is 0 Å². The van der Waals surface area contributed by atoms with Crippen LogP contribution in [0.15, 0.2) is 63.8 Å². The summed E-state index contributed by atoms with van der Waals surface area (Å²) in [7, 11) is 0. The fourth-order valence-corrected chi connectivity index (χ4v) is 2.66. The molecule has 1 aromatic heterocycles. The van der Waals surface area contributed by atoms with Crippen molar-refractivity contribution in [3.8, 4) is 0 Å². The lowest BCUT2D eigenvalue weighted by atomic mass is 10.2. The summed E-state index contributed by atoms with van der Waals surface area (Å²) < 4.78 is 5.31. The van der Waals surface area contributed by atoms with E-state index in [1.165, 1.54) is 5.56 Å². The Morgan fingerprint density at radius 3 is 2.57 bits per heavy atom. The Bertz CT molecular complexity index is 639. The predicted molar refractivity (Wildman–Crippen MR) is 94.1 cm³/mol. The molecule has 1 aromatic carbocycles. The molecule has 0 atom stereocenters. The van der Waals surface area contributed by atoms with Gasteiger partial charge in [0.2, 0.25) is 0 Å². The maximum atomic E-state index is 5.31. The molecule has 4 nitrogen and oxygen atoms in total. The number of hydrazone groups is 1. The number of hydrogen-bond donors (Lipinski definition) is 0. The van der Waals surface area contributed by atoms with Gasteiger partial charge < -0.3 is 4.42 Å². The topological polar surface area (TPSA) is 32.0 Å². The highest BCUT2D eigenvalue weighted by Crippen LogP contribution is 2.09. The second-order valence-corrected chi connectivity index (χ2v) is 5.86. The van der Waals surface area contributed by atoms with E-state index in [4.69, 9.17) is 4.42 Å². The number of benzene rings is 1. The van der Waals surface area contributed by atoms with Gasteiger partial charge in [0, 0.05) is 32.7 Å². The van der Waals surface area contributed by atoms with Crippen molar-refractivity contribution in [3.63, 3.8) is 0 Å². The van der Waals surface area contributed by atoms with E-state index < -0.39 is 0 Å². The van der Waals surface area contributed by atoms with Gasteiger partial charge in [-0.2, -0.15) is 5.10 Å². The van der Waals surface area contributed by atoms with Gasteiger partial charge >= 0.3 is 0 Å². The third kappa shape index (κ3) is 4.83. The molecule has 0 saturated carbocycles. The third-order valence-corrected chi connectivity index (χ3v) is 3.94.